The summed E-state index contributed by atoms with van der Waals surface area (Å²) < 4.78 is 48.8. The predicted octanol–water partition coefficient (Wildman–Crippen LogP) is 2.38. The number of alkyl halides is 3. The Morgan fingerprint density at radius 3 is 2.30 bits per heavy atom. The summed E-state index contributed by atoms with van der Waals surface area (Å²) >= 11 is 0. The molecule has 0 spiro atoms. The van der Waals surface area contributed by atoms with Gasteiger partial charge in [0.25, 0.3) is 5.91 Å². The maximum Gasteiger partial charge on any atom is 0.315 e. The number of carbonyl (C=O) groups excluding carboxylic acids is 1. The number of aromatic nitrogens is 1. The third kappa shape index (κ3) is 5.86. The van der Waals surface area contributed by atoms with E-state index in [1.165, 1.54) is 12.1 Å². The Hall–Kier alpha value is -2.26. The molecule has 1 unspecified atom stereocenters. The second-order valence-corrected chi connectivity index (χ2v) is 7.33. The van der Waals surface area contributed by atoms with Crippen LogP contribution >= 0.6 is 0 Å². The maximum absolute atomic E-state index is 13.0. The Bertz CT molecular complexity index is 785. The maximum atomic E-state index is 13.0. The summed E-state index contributed by atoms with van der Waals surface area (Å²) in [5, 5.41) is 11.9. The van der Waals surface area contributed by atoms with Gasteiger partial charge in [0.05, 0.1) is 17.5 Å². The van der Waals surface area contributed by atoms with Crippen molar-refractivity contribution in [1.82, 2.24) is 10.3 Å². The first-order chi connectivity index (χ1) is 12.8. The zero-order valence-corrected chi connectivity index (χ0v) is 15.3. The Labute approximate surface area is 157 Å². The topological polar surface area (TPSA) is 79.3 Å². The van der Waals surface area contributed by atoms with Crippen LogP contribution in [0.3, 0.4) is 0 Å². The highest BCUT2D eigenvalue weighted by atomic mass is 32.2. The van der Waals surface area contributed by atoms with E-state index in [4.69, 9.17) is 0 Å². The molecule has 0 saturated carbocycles. The molecule has 0 saturated heterocycles. The van der Waals surface area contributed by atoms with Crippen LogP contribution in [0.2, 0.25) is 0 Å². The van der Waals surface area contributed by atoms with Crippen molar-refractivity contribution < 1.29 is 27.3 Å². The SMILES string of the molecule is CS(=O)Cc1ccc(-c2ccc([C@@H](O)[C@@H](CF)NC(=O)C(F)F)cc2)cn1. The summed E-state index contributed by atoms with van der Waals surface area (Å²) in [5.74, 6) is -1.27. The summed E-state index contributed by atoms with van der Waals surface area (Å²) in [6.07, 6.45) is -1.53. The summed E-state index contributed by atoms with van der Waals surface area (Å²) in [6.45, 7) is -1.19. The van der Waals surface area contributed by atoms with E-state index in [1.807, 2.05) is 6.07 Å². The van der Waals surface area contributed by atoms with E-state index in [0.717, 1.165) is 11.1 Å². The minimum atomic E-state index is -3.28. The molecule has 2 aromatic rings. The summed E-state index contributed by atoms with van der Waals surface area (Å²) in [4.78, 5) is 15.2. The smallest absolute Gasteiger partial charge is 0.315 e. The van der Waals surface area contributed by atoms with Gasteiger partial charge in [-0.1, -0.05) is 30.3 Å². The number of carbonyl (C=O) groups is 1. The molecule has 0 aliphatic carbocycles. The molecular weight excluding hydrogens is 381 g/mol. The molecule has 5 nitrogen and oxygen atoms in total. The number of hydrogen-bond acceptors (Lipinski definition) is 4. The fourth-order valence-electron chi connectivity index (χ4n) is 2.44. The molecule has 0 radical (unpaired) electrons. The van der Waals surface area contributed by atoms with Crippen LogP contribution in [0.25, 0.3) is 11.1 Å². The van der Waals surface area contributed by atoms with Gasteiger partial charge in [-0.3, -0.25) is 14.0 Å². The van der Waals surface area contributed by atoms with E-state index in [-0.39, 0.29) is 5.56 Å². The zero-order valence-electron chi connectivity index (χ0n) is 14.4. The Kier molecular flexibility index (Phi) is 7.49. The van der Waals surface area contributed by atoms with Crippen molar-refractivity contribution in [1.29, 1.82) is 0 Å². The molecule has 0 aliphatic heterocycles. The van der Waals surface area contributed by atoms with Crippen LogP contribution < -0.4 is 5.32 Å². The van der Waals surface area contributed by atoms with Gasteiger partial charge in [-0.2, -0.15) is 8.78 Å². The van der Waals surface area contributed by atoms with Crippen molar-refractivity contribution in [2.24, 2.45) is 0 Å². The average molecular weight is 400 g/mol. The number of rotatable bonds is 8. The molecule has 2 rings (SSSR count). The molecular formula is C18H19F3N2O3S. The van der Waals surface area contributed by atoms with Gasteiger partial charge in [0.2, 0.25) is 0 Å². The fourth-order valence-corrected chi connectivity index (χ4v) is 3.03. The van der Waals surface area contributed by atoms with Crippen LogP contribution in [0.4, 0.5) is 13.2 Å². The molecule has 146 valence electrons. The predicted molar refractivity (Wildman–Crippen MR) is 96.3 cm³/mol. The number of nitrogens with zero attached hydrogens (tertiary/aromatic N) is 1. The van der Waals surface area contributed by atoms with Crippen molar-refractivity contribution in [2.45, 2.75) is 24.3 Å². The van der Waals surface area contributed by atoms with Gasteiger partial charge in [-0.15, -0.1) is 0 Å². The number of halogens is 3. The van der Waals surface area contributed by atoms with E-state index in [9.17, 15) is 27.3 Å². The molecule has 1 aromatic carbocycles. The molecule has 0 aliphatic rings. The fraction of sp³-hybridized carbons (Fsp3) is 0.333. The van der Waals surface area contributed by atoms with Gasteiger partial charge < -0.3 is 10.4 Å². The van der Waals surface area contributed by atoms with Crippen molar-refractivity contribution in [3.8, 4) is 11.1 Å². The third-order valence-electron chi connectivity index (χ3n) is 3.83. The highest BCUT2D eigenvalue weighted by Crippen LogP contribution is 2.24. The lowest BCUT2D eigenvalue weighted by Gasteiger charge is -2.22. The molecule has 9 heteroatoms. The number of hydrogen-bond donors (Lipinski definition) is 2. The molecule has 27 heavy (non-hydrogen) atoms. The highest BCUT2D eigenvalue weighted by Gasteiger charge is 2.26. The third-order valence-corrected chi connectivity index (χ3v) is 4.54. The second kappa shape index (κ2) is 9.61. The number of nitrogens with one attached hydrogen (secondary N) is 1. The number of amides is 1. The van der Waals surface area contributed by atoms with Crippen molar-refractivity contribution in [3.63, 3.8) is 0 Å². The van der Waals surface area contributed by atoms with Gasteiger partial charge in [0.15, 0.2) is 0 Å². The lowest BCUT2D eigenvalue weighted by molar-refractivity contribution is -0.133. The Balaban J connectivity index is 2.11. The van der Waals surface area contributed by atoms with Crippen LogP contribution in [0, 0.1) is 0 Å². The van der Waals surface area contributed by atoms with E-state index >= 15 is 0 Å². The number of aliphatic hydroxyl groups excluding tert-OH is 1. The van der Waals surface area contributed by atoms with E-state index in [2.05, 4.69) is 4.98 Å². The standard InChI is InChI=1S/C18H19F3N2O3S/c1-27(26)10-14-7-6-13(9-22-14)11-2-4-12(5-3-11)16(24)15(8-19)23-18(25)17(20)21/h2-7,9,15-17,24H,8,10H2,1H3,(H,23,25)/t15-,16-,27?/m1/s1. The zero-order chi connectivity index (χ0) is 20.0. The van der Waals surface area contributed by atoms with Gasteiger partial charge in [-0.05, 0) is 17.2 Å². The first kappa shape index (κ1) is 21.0. The monoisotopic (exact) mass is 400 g/mol. The number of benzene rings is 1. The molecule has 1 amide bonds. The molecule has 3 atom stereocenters. The lowest BCUT2D eigenvalue weighted by Crippen LogP contribution is -2.43. The van der Waals surface area contributed by atoms with Crippen LogP contribution in [-0.4, -0.2) is 45.6 Å². The van der Waals surface area contributed by atoms with E-state index < -0.39 is 42.0 Å². The number of pyridine rings is 1. The van der Waals surface area contributed by atoms with Gasteiger partial charge in [0, 0.05) is 28.8 Å². The van der Waals surface area contributed by atoms with Crippen LogP contribution in [0.1, 0.15) is 17.4 Å². The summed E-state index contributed by atoms with van der Waals surface area (Å²) in [6, 6.07) is 8.48. The average Bonchev–Trinajstić information content (AvgIpc) is 2.65. The molecule has 1 heterocycles. The largest absolute Gasteiger partial charge is 0.386 e. The minimum absolute atomic E-state index is 0.280. The summed E-state index contributed by atoms with van der Waals surface area (Å²) in [7, 11) is -0.987. The Morgan fingerprint density at radius 1 is 1.19 bits per heavy atom. The van der Waals surface area contributed by atoms with Crippen LogP contribution in [0.15, 0.2) is 42.6 Å². The van der Waals surface area contributed by atoms with Crippen molar-refractivity contribution in [3.05, 3.63) is 53.9 Å². The quantitative estimate of drug-likeness (QED) is 0.713. The second-order valence-electron chi connectivity index (χ2n) is 5.89. The molecule has 1 aromatic heterocycles. The Morgan fingerprint density at radius 2 is 1.81 bits per heavy atom. The van der Waals surface area contributed by atoms with Crippen molar-refractivity contribution >= 4 is 16.7 Å². The van der Waals surface area contributed by atoms with Gasteiger partial charge in [0.1, 0.15) is 12.8 Å². The highest BCUT2D eigenvalue weighted by molar-refractivity contribution is 7.83. The van der Waals surface area contributed by atoms with Crippen LogP contribution in [-0.2, 0) is 21.3 Å². The van der Waals surface area contributed by atoms with E-state index in [1.54, 1.807) is 36.0 Å². The lowest BCUT2D eigenvalue weighted by atomic mass is 9.99. The summed E-state index contributed by atoms with van der Waals surface area (Å²) in [5.41, 5.74) is 2.54. The van der Waals surface area contributed by atoms with E-state index in [0.29, 0.717) is 11.4 Å². The number of aliphatic hydroxyl groups is 1. The van der Waals surface area contributed by atoms with Gasteiger partial charge in [-0.25, -0.2) is 4.39 Å². The molecule has 0 bridgehead atoms. The minimum Gasteiger partial charge on any atom is -0.386 e. The first-order valence-corrected chi connectivity index (χ1v) is 9.72. The normalized spacial score (nSPS) is 14.6. The first-order valence-electron chi connectivity index (χ1n) is 7.99. The van der Waals surface area contributed by atoms with Crippen LogP contribution in [0.5, 0.6) is 0 Å². The molecule has 0 fully saturated rings. The van der Waals surface area contributed by atoms with Crippen molar-refractivity contribution in [2.75, 3.05) is 12.9 Å². The van der Waals surface area contributed by atoms with Gasteiger partial charge >= 0.3 is 6.43 Å². The molecule has 2 N–H and O–H groups in total.